The minimum absolute atomic E-state index is 0.264. The van der Waals surface area contributed by atoms with Crippen molar-refractivity contribution in [3.8, 4) is 0 Å². The summed E-state index contributed by atoms with van der Waals surface area (Å²) in [6.45, 7) is 4.85. The normalized spacial score (nSPS) is 28.3. The standard InChI is InChI=1S/C20H24O4.C3H5O3S/c1-12-16(18(21)23-2)4-3-5-17(12)19(22)24-20-9-13-6-14(10-20)8-15(7-13)11-20;1-2-3-7(4,5)6/h3-5,13-15H,6-11H2,1-2H3;2H,1,3H2. The van der Waals surface area contributed by atoms with Gasteiger partial charge >= 0.3 is 11.9 Å². The molecule has 1 radical (unpaired) electrons. The van der Waals surface area contributed by atoms with E-state index >= 15 is 0 Å². The molecule has 4 aliphatic carbocycles. The molecular formula is C23H29O7S. The van der Waals surface area contributed by atoms with Crippen molar-refractivity contribution in [3.05, 3.63) is 47.5 Å². The average Bonchev–Trinajstić information content (AvgIpc) is 2.65. The lowest BCUT2D eigenvalue weighted by Gasteiger charge is -2.55. The van der Waals surface area contributed by atoms with Crippen LogP contribution in [0.25, 0.3) is 0 Å². The topological polar surface area (TPSA) is 107 Å². The van der Waals surface area contributed by atoms with Crippen molar-refractivity contribution in [2.75, 3.05) is 12.9 Å². The molecule has 7 nitrogen and oxygen atoms in total. The summed E-state index contributed by atoms with van der Waals surface area (Å²) in [6, 6.07) is 5.14. The van der Waals surface area contributed by atoms with Crippen LogP contribution >= 0.6 is 0 Å². The zero-order chi connectivity index (χ0) is 22.8. The third-order valence-electron chi connectivity index (χ3n) is 6.57. The van der Waals surface area contributed by atoms with Gasteiger partial charge in [-0.2, -0.15) is 8.42 Å². The van der Waals surface area contributed by atoms with Gasteiger partial charge in [-0.15, -0.1) is 6.58 Å². The predicted octanol–water partition coefficient (Wildman–Crippen LogP) is 3.84. The van der Waals surface area contributed by atoms with E-state index in [0.29, 0.717) is 16.7 Å². The van der Waals surface area contributed by atoms with Crippen LogP contribution in [0.3, 0.4) is 0 Å². The van der Waals surface area contributed by atoms with Gasteiger partial charge in [-0.1, -0.05) is 16.7 Å². The molecule has 4 fully saturated rings. The van der Waals surface area contributed by atoms with Crippen LogP contribution < -0.4 is 0 Å². The molecule has 1 aromatic carbocycles. The second-order valence-electron chi connectivity index (χ2n) is 8.97. The molecule has 0 amide bonds. The quantitative estimate of drug-likeness (QED) is 0.499. The molecule has 4 saturated carbocycles. The van der Waals surface area contributed by atoms with Gasteiger partial charge in [0.05, 0.1) is 24.0 Å². The van der Waals surface area contributed by atoms with E-state index in [-0.39, 0.29) is 11.6 Å². The zero-order valence-corrected chi connectivity index (χ0v) is 18.8. The Morgan fingerprint density at radius 3 is 1.94 bits per heavy atom. The molecule has 0 atom stereocenters. The molecular weight excluding hydrogens is 420 g/mol. The van der Waals surface area contributed by atoms with E-state index in [1.165, 1.54) is 26.4 Å². The van der Waals surface area contributed by atoms with E-state index in [9.17, 15) is 22.6 Å². The van der Waals surface area contributed by atoms with Crippen molar-refractivity contribution < 1.29 is 32.0 Å². The van der Waals surface area contributed by atoms with E-state index in [1.807, 2.05) is 0 Å². The maximum absolute atomic E-state index is 12.8. The number of benzene rings is 1. The van der Waals surface area contributed by atoms with Gasteiger partial charge in [0.25, 0.3) is 10.1 Å². The summed E-state index contributed by atoms with van der Waals surface area (Å²) in [6.07, 6.45) is 8.04. The summed E-state index contributed by atoms with van der Waals surface area (Å²) >= 11 is 0. The molecule has 0 N–H and O–H groups in total. The Kier molecular flexibility index (Phi) is 6.91. The van der Waals surface area contributed by atoms with Crippen molar-refractivity contribution in [2.45, 2.75) is 51.0 Å². The molecule has 0 aliphatic heterocycles. The van der Waals surface area contributed by atoms with Gasteiger partial charge in [0.15, 0.2) is 0 Å². The fourth-order valence-electron chi connectivity index (χ4n) is 5.74. The minimum Gasteiger partial charge on any atom is -0.465 e. The highest BCUT2D eigenvalue weighted by atomic mass is 32.2. The third kappa shape index (κ3) is 5.54. The number of esters is 2. The van der Waals surface area contributed by atoms with Gasteiger partial charge in [0.1, 0.15) is 5.60 Å². The zero-order valence-electron chi connectivity index (χ0n) is 18.0. The Labute approximate surface area is 183 Å². The van der Waals surface area contributed by atoms with Gasteiger partial charge in [0.2, 0.25) is 0 Å². The van der Waals surface area contributed by atoms with Gasteiger partial charge in [-0.05, 0) is 80.9 Å². The Bertz CT molecular complexity index is 929. The number of carbonyl (C=O) groups is 2. The van der Waals surface area contributed by atoms with E-state index in [1.54, 1.807) is 25.1 Å². The summed E-state index contributed by atoms with van der Waals surface area (Å²) in [5.41, 5.74) is 1.28. The van der Waals surface area contributed by atoms with Crippen LogP contribution in [0.2, 0.25) is 0 Å². The number of methoxy groups -OCH3 is 1. The van der Waals surface area contributed by atoms with E-state index < -0.39 is 21.8 Å². The Morgan fingerprint density at radius 1 is 1.06 bits per heavy atom. The second kappa shape index (κ2) is 9.12. The lowest BCUT2D eigenvalue weighted by atomic mass is 9.54. The second-order valence-corrected chi connectivity index (χ2v) is 10.4. The highest BCUT2D eigenvalue weighted by Crippen LogP contribution is 2.57. The third-order valence-corrected chi connectivity index (χ3v) is 7.22. The summed E-state index contributed by atoms with van der Waals surface area (Å²) < 4.78 is 39.7. The molecule has 169 valence electrons. The molecule has 31 heavy (non-hydrogen) atoms. The fraction of sp³-hybridized carbons (Fsp3) is 0.565. The number of hydrogen-bond acceptors (Lipinski definition) is 6. The van der Waals surface area contributed by atoms with Crippen LogP contribution in [-0.2, 0) is 24.1 Å². The highest BCUT2D eigenvalue weighted by molar-refractivity contribution is 7.85. The molecule has 0 unspecified atom stereocenters. The highest BCUT2D eigenvalue weighted by Gasteiger charge is 2.53. The molecule has 5 rings (SSSR count). The van der Waals surface area contributed by atoms with Crippen LogP contribution in [0.5, 0.6) is 0 Å². The van der Waals surface area contributed by atoms with Gasteiger partial charge < -0.3 is 9.47 Å². The summed E-state index contributed by atoms with van der Waals surface area (Å²) in [7, 11) is -2.69. The summed E-state index contributed by atoms with van der Waals surface area (Å²) in [5.74, 6) is 0.995. The molecule has 0 aromatic heterocycles. The van der Waals surface area contributed by atoms with Gasteiger partial charge in [-0.25, -0.2) is 9.59 Å². The van der Waals surface area contributed by atoms with Gasteiger partial charge in [-0.3, -0.25) is 0 Å². The van der Waals surface area contributed by atoms with Crippen molar-refractivity contribution in [1.82, 2.24) is 0 Å². The van der Waals surface area contributed by atoms with Crippen LogP contribution in [0.4, 0.5) is 0 Å². The van der Waals surface area contributed by atoms with Crippen molar-refractivity contribution >= 4 is 22.1 Å². The van der Waals surface area contributed by atoms with Crippen LogP contribution in [0.15, 0.2) is 30.9 Å². The molecule has 4 aliphatic rings. The molecule has 0 heterocycles. The SMILES string of the molecule is C=CCS([O])(=O)=O.COC(=O)c1cccc(C(=O)OC23CC4CC(CC(C4)C2)C3)c1C. The number of ether oxygens (including phenoxy) is 2. The molecule has 8 heteroatoms. The minimum atomic E-state index is -4.04. The first-order valence-electron chi connectivity index (χ1n) is 10.5. The van der Waals surface area contributed by atoms with Crippen LogP contribution in [0, 0.1) is 24.7 Å². The lowest BCUT2D eigenvalue weighted by Crippen LogP contribution is -2.52. The Hall–Kier alpha value is -2.19. The lowest BCUT2D eigenvalue weighted by molar-refractivity contribution is -0.131. The smallest absolute Gasteiger partial charge is 0.338 e. The number of hydrogen-bond donors (Lipinski definition) is 0. The van der Waals surface area contributed by atoms with Crippen LogP contribution in [0.1, 0.15) is 64.8 Å². The number of rotatable bonds is 5. The predicted molar refractivity (Wildman–Crippen MR) is 114 cm³/mol. The monoisotopic (exact) mass is 449 g/mol. The van der Waals surface area contributed by atoms with E-state index in [0.717, 1.165) is 43.1 Å². The Morgan fingerprint density at radius 2 is 1.55 bits per heavy atom. The first-order valence-corrected chi connectivity index (χ1v) is 12.1. The first-order chi connectivity index (χ1) is 14.6. The van der Waals surface area contributed by atoms with Gasteiger partial charge in [0, 0.05) is 0 Å². The van der Waals surface area contributed by atoms with Crippen molar-refractivity contribution in [3.63, 3.8) is 0 Å². The van der Waals surface area contributed by atoms with Crippen molar-refractivity contribution in [2.24, 2.45) is 17.8 Å². The van der Waals surface area contributed by atoms with Crippen LogP contribution in [-0.4, -0.2) is 38.8 Å². The summed E-state index contributed by atoms with van der Waals surface area (Å²) in [5, 5.41) is 0. The fourth-order valence-corrected chi connectivity index (χ4v) is 6.03. The average molecular weight is 450 g/mol. The maximum atomic E-state index is 12.8. The largest absolute Gasteiger partial charge is 0.465 e. The maximum Gasteiger partial charge on any atom is 0.338 e. The molecule has 0 spiro atoms. The first kappa shape index (κ1) is 23.5. The molecule has 1 aromatic rings. The molecule has 4 bridgehead atoms. The Balaban J connectivity index is 0.000000339. The van der Waals surface area contributed by atoms with E-state index in [2.05, 4.69) is 6.58 Å². The van der Waals surface area contributed by atoms with E-state index in [4.69, 9.17) is 9.47 Å². The molecule has 0 saturated heterocycles. The number of carbonyl (C=O) groups excluding carboxylic acids is 2. The van der Waals surface area contributed by atoms with Crippen molar-refractivity contribution in [1.29, 1.82) is 0 Å². The summed E-state index contributed by atoms with van der Waals surface area (Å²) in [4.78, 5) is 24.7.